The van der Waals surface area contributed by atoms with E-state index in [9.17, 15) is 9.59 Å². The highest BCUT2D eigenvalue weighted by Gasteiger charge is 2.37. The minimum Gasteiger partial charge on any atom is -0.495 e. The normalized spacial score (nSPS) is 17.9. The molecular weight excluding hydrogens is 386 g/mol. The number of aryl methyl sites for hydroxylation is 2. The van der Waals surface area contributed by atoms with Crippen molar-refractivity contribution in [3.8, 4) is 5.75 Å². The van der Waals surface area contributed by atoms with Gasteiger partial charge in [-0.05, 0) is 39.0 Å². The zero-order valence-electron chi connectivity index (χ0n) is 15.7. The van der Waals surface area contributed by atoms with E-state index in [0.717, 1.165) is 15.6 Å². The third kappa shape index (κ3) is 4.09. The molecule has 0 bridgehead atoms. The minimum absolute atomic E-state index is 0.117. The number of nitrogens with one attached hydrogen (secondary N) is 1. The first-order valence-electron chi connectivity index (χ1n) is 8.68. The molecule has 2 atom stereocenters. The van der Waals surface area contributed by atoms with E-state index in [1.807, 2.05) is 20.8 Å². The molecule has 1 N–H and O–H groups in total. The SMILES string of the molecule is COc1ccc(Cl)cc1N1C[C@@H](C(=O)N[C@@H](C)c2sc(C)nc2C)CC1=O. The summed E-state index contributed by atoms with van der Waals surface area (Å²) in [5.41, 5.74) is 1.52. The Morgan fingerprint density at radius 1 is 1.44 bits per heavy atom. The number of hydrogen-bond acceptors (Lipinski definition) is 5. The molecule has 3 rings (SSSR count). The molecule has 144 valence electrons. The Morgan fingerprint density at radius 3 is 2.81 bits per heavy atom. The fourth-order valence-corrected chi connectivity index (χ4v) is 4.43. The zero-order chi connectivity index (χ0) is 19.7. The van der Waals surface area contributed by atoms with Crippen LogP contribution in [0.3, 0.4) is 0 Å². The molecule has 0 spiro atoms. The number of anilines is 1. The van der Waals surface area contributed by atoms with Crippen molar-refractivity contribution in [3.05, 3.63) is 38.8 Å². The van der Waals surface area contributed by atoms with Gasteiger partial charge < -0.3 is 15.0 Å². The quantitative estimate of drug-likeness (QED) is 0.821. The Kier molecular flexibility index (Phi) is 5.72. The molecule has 1 aliphatic heterocycles. The summed E-state index contributed by atoms with van der Waals surface area (Å²) >= 11 is 7.65. The lowest BCUT2D eigenvalue weighted by Crippen LogP contribution is -2.34. The van der Waals surface area contributed by atoms with E-state index >= 15 is 0 Å². The van der Waals surface area contributed by atoms with Gasteiger partial charge in [-0.25, -0.2) is 4.98 Å². The van der Waals surface area contributed by atoms with Crippen LogP contribution in [0.2, 0.25) is 5.02 Å². The molecule has 2 amide bonds. The lowest BCUT2D eigenvalue weighted by atomic mass is 10.1. The first-order valence-corrected chi connectivity index (χ1v) is 9.87. The number of benzene rings is 1. The monoisotopic (exact) mass is 407 g/mol. The van der Waals surface area contributed by atoms with E-state index in [1.165, 1.54) is 0 Å². The zero-order valence-corrected chi connectivity index (χ0v) is 17.3. The van der Waals surface area contributed by atoms with Crippen molar-refractivity contribution in [3.63, 3.8) is 0 Å². The predicted molar refractivity (Wildman–Crippen MR) is 107 cm³/mol. The lowest BCUT2D eigenvalue weighted by molar-refractivity contribution is -0.126. The van der Waals surface area contributed by atoms with Gasteiger partial charge in [-0.1, -0.05) is 11.6 Å². The molecule has 27 heavy (non-hydrogen) atoms. The maximum Gasteiger partial charge on any atom is 0.227 e. The standard InChI is InChI=1S/C19H22ClN3O3S/c1-10-18(27-12(3)21-10)11(2)22-19(25)13-7-17(24)23(9-13)15-8-14(20)5-6-16(15)26-4/h5-6,8,11,13H,7,9H2,1-4H3,(H,22,25)/t11-,13-/m0/s1. The molecule has 0 saturated carbocycles. The van der Waals surface area contributed by atoms with Gasteiger partial charge in [-0.2, -0.15) is 0 Å². The molecule has 2 heterocycles. The van der Waals surface area contributed by atoms with E-state index in [0.29, 0.717) is 23.0 Å². The number of amides is 2. The van der Waals surface area contributed by atoms with Crippen LogP contribution >= 0.6 is 22.9 Å². The van der Waals surface area contributed by atoms with Crippen molar-refractivity contribution < 1.29 is 14.3 Å². The Hall–Kier alpha value is -2.12. The average Bonchev–Trinajstić information content (AvgIpc) is 3.16. The van der Waals surface area contributed by atoms with Crippen LogP contribution in [0.1, 0.15) is 35.0 Å². The summed E-state index contributed by atoms with van der Waals surface area (Å²) in [5.74, 6) is -0.117. The molecule has 1 aromatic heterocycles. The first kappa shape index (κ1) is 19.6. The maximum atomic E-state index is 12.7. The summed E-state index contributed by atoms with van der Waals surface area (Å²) in [6.45, 7) is 6.12. The van der Waals surface area contributed by atoms with Crippen molar-refractivity contribution in [2.75, 3.05) is 18.6 Å². The third-order valence-electron chi connectivity index (χ3n) is 4.62. The number of hydrogen-bond donors (Lipinski definition) is 1. The highest BCUT2D eigenvalue weighted by atomic mass is 35.5. The van der Waals surface area contributed by atoms with Gasteiger partial charge >= 0.3 is 0 Å². The van der Waals surface area contributed by atoms with Crippen LogP contribution in [-0.4, -0.2) is 30.5 Å². The van der Waals surface area contributed by atoms with Crippen LogP contribution in [0.4, 0.5) is 5.69 Å². The Balaban J connectivity index is 1.72. The van der Waals surface area contributed by atoms with Crippen LogP contribution in [-0.2, 0) is 9.59 Å². The first-order chi connectivity index (χ1) is 12.8. The number of halogens is 1. The van der Waals surface area contributed by atoms with Crippen molar-refractivity contribution >= 4 is 40.4 Å². The lowest BCUT2D eigenvalue weighted by Gasteiger charge is -2.20. The van der Waals surface area contributed by atoms with Crippen LogP contribution in [0.5, 0.6) is 5.75 Å². The van der Waals surface area contributed by atoms with Gasteiger partial charge in [0.05, 0.1) is 35.5 Å². The smallest absolute Gasteiger partial charge is 0.227 e. The van der Waals surface area contributed by atoms with Crippen LogP contribution in [0, 0.1) is 19.8 Å². The molecule has 0 aliphatic carbocycles. The molecule has 0 unspecified atom stereocenters. The Labute approximate surface area is 167 Å². The molecule has 1 aromatic carbocycles. The third-order valence-corrected chi connectivity index (χ3v) is 6.11. The Bertz CT molecular complexity index is 883. The topological polar surface area (TPSA) is 71.5 Å². The van der Waals surface area contributed by atoms with Crippen LogP contribution in [0.15, 0.2) is 18.2 Å². The van der Waals surface area contributed by atoms with Gasteiger partial charge in [0.2, 0.25) is 11.8 Å². The number of rotatable bonds is 5. The van der Waals surface area contributed by atoms with Crippen molar-refractivity contribution in [1.82, 2.24) is 10.3 Å². The summed E-state index contributed by atoms with van der Waals surface area (Å²) in [6, 6.07) is 4.96. The van der Waals surface area contributed by atoms with Gasteiger partial charge in [0.15, 0.2) is 0 Å². The summed E-state index contributed by atoms with van der Waals surface area (Å²) < 4.78 is 5.34. The number of thiazole rings is 1. The van der Waals surface area contributed by atoms with E-state index in [2.05, 4.69) is 10.3 Å². The number of carbonyl (C=O) groups excluding carboxylic acids is 2. The summed E-state index contributed by atoms with van der Waals surface area (Å²) in [4.78, 5) is 32.3. The number of ether oxygens (including phenoxy) is 1. The predicted octanol–water partition coefficient (Wildman–Crippen LogP) is 3.65. The van der Waals surface area contributed by atoms with Crippen molar-refractivity contribution in [2.45, 2.75) is 33.2 Å². The van der Waals surface area contributed by atoms with Gasteiger partial charge in [-0.15, -0.1) is 11.3 Å². The largest absolute Gasteiger partial charge is 0.495 e. The fraction of sp³-hybridized carbons (Fsp3) is 0.421. The highest BCUT2D eigenvalue weighted by Crippen LogP contribution is 2.35. The van der Waals surface area contributed by atoms with E-state index in [1.54, 1.807) is 41.5 Å². The molecule has 2 aromatic rings. The van der Waals surface area contributed by atoms with Crippen LogP contribution < -0.4 is 15.0 Å². The average molecular weight is 408 g/mol. The second-order valence-corrected chi connectivity index (χ2v) is 8.31. The molecule has 6 nitrogen and oxygen atoms in total. The minimum atomic E-state index is -0.419. The Morgan fingerprint density at radius 2 is 2.19 bits per heavy atom. The van der Waals surface area contributed by atoms with E-state index < -0.39 is 5.92 Å². The highest BCUT2D eigenvalue weighted by molar-refractivity contribution is 7.11. The van der Waals surface area contributed by atoms with Crippen molar-refractivity contribution in [2.24, 2.45) is 5.92 Å². The summed E-state index contributed by atoms with van der Waals surface area (Å²) in [6.07, 6.45) is 0.162. The van der Waals surface area contributed by atoms with Gasteiger partial charge in [0.1, 0.15) is 5.75 Å². The summed E-state index contributed by atoms with van der Waals surface area (Å²) in [5, 5.41) is 4.50. The van der Waals surface area contributed by atoms with E-state index in [-0.39, 0.29) is 24.3 Å². The van der Waals surface area contributed by atoms with Gasteiger partial charge in [0, 0.05) is 22.9 Å². The molecular formula is C19H22ClN3O3S. The van der Waals surface area contributed by atoms with Gasteiger partial charge in [-0.3, -0.25) is 9.59 Å². The number of carbonyl (C=O) groups is 2. The van der Waals surface area contributed by atoms with Gasteiger partial charge in [0.25, 0.3) is 0 Å². The van der Waals surface area contributed by atoms with Crippen molar-refractivity contribution in [1.29, 1.82) is 0 Å². The number of nitrogens with zero attached hydrogens (tertiary/aromatic N) is 2. The molecule has 8 heteroatoms. The molecule has 1 saturated heterocycles. The second kappa shape index (κ2) is 7.86. The molecule has 1 fully saturated rings. The second-order valence-electron chi connectivity index (χ2n) is 6.63. The summed E-state index contributed by atoms with van der Waals surface area (Å²) in [7, 11) is 1.54. The van der Waals surface area contributed by atoms with Crippen LogP contribution in [0.25, 0.3) is 0 Å². The number of aromatic nitrogens is 1. The molecule has 0 radical (unpaired) electrons. The number of methoxy groups -OCH3 is 1. The van der Waals surface area contributed by atoms with E-state index in [4.69, 9.17) is 16.3 Å². The fourth-order valence-electron chi connectivity index (χ4n) is 3.34. The molecule has 1 aliphatic rings. The maximum absolute atomic E-state index is 12.7.